The van der Waals surface area contributed by atoms with Crippen LogP contribution in [0.25, 0.3) is 11.1 Å². The molecule has 2 atom stereocenters. The number of allylic oxidation sites excluding steroid dienone is 1. The Balaban J connectivity index is 1.83. The maximum atomic E-state index is 13.5. The van der Waals surface area contributed by atoms with Gasteiger partial charge in [0.05, 0.1) is 16.5 Å². The Morgan fingerprint density at radius 2 is 1.86 bits per heavy atom. The molecule has 0 bridgehead atoms. The minimum Gasteiger partial charge on any atom is -0.481 e. The second-order valence-electron chi connectivity index (χ2n) is 9.33. The number of halogens is 3. The molecule has 6 nitrogen and oxygen atoms in total. The highest BCUT2D eigenvalue weighted by Gasteiger charge is 2.33. The number of nitrogens with zero attached hydrogens (tertiary/aromatic N) is 2. The van der Waals surface area contributed by atoms with E-state index in [1.54, 1.807) is 12.3 Å². The maximum absolute atomic E-state index is 13.5. The van der Waals surface area contributed by atoms with Crippen LogP contribution < -0.4 is 0 Å². The van der Waals surface area contributed by atoms with Crippen molar-refractivity contribution in [3.05, 3.63) is 65.2 Å². The third-order valence-electron chi connectivity index (χ3n) is 6.62. The molecule has 0 aromatic heterocycles. The summed E-state index contributed by atoms with van der Waals surface area (Å²) in [5, 5.41) is 8.88. The van der Waals surface area contributed by atoms with Crippen molar-refractivity contribution in [3.8, 4) is 11.1 Å². The Bertz CT molecular complexity index is 1290. The van der Waals surface area contributed by atoms with E-state index in [9.17, 15) is 26.4 Å². The zero-order valence-corrected chi connectivity index (χ0v) is 21.8. The lowest BCUT2D eigenvalue weighted by atomic mass is 9.89. The summed E-state index contributed by atoms with van der Waals surface area (Å²) >= 11 is 0. The van der Waals surface area contributed by atoms with E-state index in [0.717, 1.165) is 36.1 Å². The van der Waals surface area contributed by atoms with Gasteiger partial charge in [-0.15, -0.1) is 0 Å². The van der Waals surface area contributed by atoms with E-state index < -0.39 is 33.8 Å². The van der Waals surface area contributed by atoms with Crippen molar-refractivity contribution < 1.29 is 31.5 Å². The van der Waals surface area contributed by atoms with E-state index >= 15 is 0 Å². The predicted octanol–water partition coefficient (Wildman–Crippen LogP) is 6.19. The first kappa shape index (κ1) is 28.6. The smallest absolute Gasteiger partial charge is 0.416 e. The van der Waals surface area contributed by atoms with Gasteiger partial charge in [-0.05, 0) is 80.5 Å². The number of aliphatic imine (C=N–C) groups is 1. The monoisotopic (exact) mass is 536 g/mol. The minimum absolute atomic E-state index is 0.00470. The van der Waals surface area contributed by atoms with Gasteiger partial charge in [0.1, 0.15) is 0 Å². The van der Waals surface area contributed by atoms with Crippen LogP contribution in [0.3, 0.4) is 0 Å². The zero-order valence-electron chi connectivity index (χ0n) is 21.0. The van der Waals surface area contributed by atoms with Crippen molar-refractivity contribution in [2.24, 2.45) is 4.99 Å². The fourth-order valence-electron chi connectivity index (χ4n) is 4.36. The summed E-state index contributed by atoms with van der Waals surface area (Å²) < 4.78 is 67.5. The Morgan fingerprint density at radius 3 is 2.49 bits per heavy atom. The van der Waals surface area contributed by atoms with Crippen LogP contribution in [0.15, 0.2) is 69.6 Å². The number of hydrogen-bond donors (Lipinski definition) is 1. The number of benzene rings is 2. The number of carboxylic acids is 1. The summed E-state index contributed by atoms with van der Waals surface area (Å²) in [6.45, 7) is 3.76. The Kier molecular flexibility index (Phi) is 8.96. The number of likely N-dealkylation sites (N-methyl/N-ethyl adjacent to an activating group) is 1. The first-order valence-electron chi connectivity index (χ1n) is 12.0. The molecule has 1 aliphatic rings. The molecule has 2 aromatic carbocycles. The molecule has 0 heterocycles. The van der Waals surface area contributed by atoms with Crippen molar-refractivity contribution in [2.45, 2.75) is 69.1 Å². The molecule has 37 heavy (non-hydrogen) atoms. The quantitative estimate of drug-likeness (QED) is 0.388. The highest BCUT2D eigenvalue weighted by Crippen LogP contribution is 2.34. The third kappa shape index (κ3) is 7.07. The summed E-state index contributed by atoms with van der Waals surface area (Å²) in [6, 6.07) is 10.1. The molecule has 2 unspecified atom stereocenters. The van der Waals surface area contributed by atoms with Gasteiger partial charge in [0.25, 0.3) is 0 Å². The predicted molar refractivity (Wildman–Crippen MR) is 137 cm³/mol. The van der Waals surface area contributed by atoms with Crippen molar-refractivity contribution in [3.63, 3.8) is 0 Å². The van der Waals surface area contributed by atoms with Crippen molar-refractivity contribution in [1.82, 2.24) is 4.31 Å². The average Bonchev–Trinajstić information content (AvgIpc) is 2.85. The first-order valence-corrected chi connectivity index (χ1v) is 13.4. The van der Waals surface area contributed by atoms with Gasteiger partial charge in [0, 0.05) is 25.7 Å². The lowest BCUT2D eigenvalue weighted by Gasteiger charge is -2.32. The van der Waals surface area contributed by atoms with Crippen molar-refractivity contribution in [2.75, 3.05) is 7.05 Å². The number of hydrogen-bond acceptors (Lipinski definition) is 4. The van der Waals surface area contributed by atoms with Crippen LogP contribution in [0.1, 0.15) is 51.5 Å². The fourth-order valence-corrected chi connectivity index (χ4v) is 5.73. The molecule has 0 saturated heterocycles. The molecule has 0 saturated carbocycles. The maximum Gasteiger partial charge on any atom is 0.416 e. The van der Waals surface area contributed by atoms with Crippen LogP contribution >= 0.6 is 0 Å². The van der Waals surface area contributed by atoms with Gasteiger partial charge in [-0.25, -0.2) is 8.42 Å². The highest BCUT2D eigenvalue weighted by molar-refractivity contribution is 7.89. The van der Waals surface area contributed by atoms with E-state index in [0.29, 0.717) is 24.0 Å². The van der Waals surface area contributed by atoms with E-state index in [-0.39, 0.29) is 17.4 Å². The van der Waals surface area contributed by atoms with Crippen LogP contribution in [0, 0.1) is 0 Å². The van der Waals surface area contributed by atoms with Crippen LogP contribution in [-0.4, -0.2) is 49.1 Å². The molecule has 1 N–H and O–H groups in total. The molecule has 0 fully saturated rings. The molecule has 0 spiro atoms. The molecule has 0 amide bonds. The molecule has 0 radical (unpaired) electrons. The van der Waals surface area contributed by atoms with E-state index in [1.165, 1.54) is 41.7 Å². The summed E-state index contributed by atoms with van der Waals surface area (Å²) in [4.78, 5) is 15.3. The molecule has 10 heteroatoms. The largest absolute Gasteiger partial charge is 0.481 e. The van der Waals surface area contributed by atoms with Crippen LogP contribution in [-0.2, 0) is 21.0 Å². The highest BCUT2D eigenvalue weighted by atomic mass is 32.2. The molecule has 200 valence electrons. The summed E-state index contributed by atoms with van der Waals surface area (Å²) in [5.74, 6) is -0.891. The molecule has 2 aromatic rings. The molecular formula is C27H31F3N2O4S. The Morgan fingerprint density at radius 1 is 1.19 bits per heavy atom. The second-order valence-corrected chi connectivity index (χ2v) is 11.3. The Hall–Kier alpha value is -2.98. The number of carbonyl (C=O) groups is 1. The van der Waals surface area contributed by atoms with Crippen molar-refractivity contribution >= 4 is 22.2 Å². The summed E-state index contributed by atoms with van der Waals surface area (Å²) in [7, 11) is -2.39. The van der Waals surface area contributed by atoms with Crippen LogP contribution in [0.4, 0.5) is 13.2 Å². The van der Waals surface area contributed by atoms with Crippen LogP contribution in [0.5, 0.6) is 0 Å². The number of sulfonamides is 1. The minimum atomic E-state index is -4.47. The standard InChI is InChI=1S/C27H31F3N2O4S/c1-18-6-4-9-25(24(18)17-31-19(2)10-15-26(33)34)32(3)37(35,36)23-13-11-20(12-14-23)21-7-5-8-22(16-21)27(28,29)30/h5,7-8,11-14,16-17,19,25H,4,6,9-10,15H2,1-3H3,(H,33,34). The third-order valence-corrected chi connectivity index (χ3v) is 8.50. The van der Waals surface area contributed by atoms with Gasteiger partial charge in [-0.3, -0.25) is 9.79 Å². The Labute approximate surface area is 215 Å². The number of rotatable bonds is 9. The average molecular weight is 537 g/mol. The van der Waals surface area contributed by atoms with Gasteiger partial charge in [-0.1, -0.05) is 29.8 Å². The molecular weight excluding hydrogens is 505 g/mol. The number of alkyl halides is 3. The summed E-state index contributed by atoms with van der Waals surface area (Å²) in [5.41, 5.74) is 1.89. The SMILES string of the molecule is CC1=C(C=NC(C)CCC(=O)O)C(N(C)S(=O)(=O)c2ccc(-c3cccc(C(F)(F)F)c3)cc2)CCC1. The van der Waals surface area contributed by atoms with E-state index in [2.05, 4.69) is 4.99 Å². The van der Waals surface area contributed by atoms with Gasteiger partial charge in [0.2, 0.25) is 10.0 Å². The molecule has 0 aliphatic heterocycles. The zero-order chi connectivity index (χ0) is 27.4. The number of carboxylic acid groups (broad SMARTS) is 1. The van der Waals surface area contributed by atoms with E-state index in [4.69, 9.17) is 5.11 Å². The van der Waals surface area contributed by atoms with Crippen molar-refractivity contribution in [1.29, 1.82) is 0 Å². The van der Waals surface area contributed by atoms with Crippen LogP contribution in [0.2, 0.25) is 0 Å². The summed E-state index contributed by atoms with van der Waals surface area (Å²) in [6.07, 6.45) is -0.158. The van der Waals surface area contributed by atoms with Gasteiger partial charge in [0.15, 0.2) is 0 Å². The number of aliphatic carboxylic acids is 1. The topological polar surface area (TPSA) is 87.0 Å². The van der Waals surface area contributed by atoms with Gasteiger partial charge < -0.3 is 5.11 Å². The fraction of sp³-hybridized carbons (Fsp3) is 0.407. The molecule has 1 aliphatic carbocycles. The van der Waals surface area contributed by atoms with Gasteiger partial charge >= 0.3 is 12.1 Å². The molecule has 3 rings (SSSR count). The normalized spacial score (nSPS) is 18.0. The lowest BCUT2D eigenvalue weighted by molar-refractivity contribution is -0.138. The lowest BCUT2D eigenvalue weighted by Crippen LogP contribution is -2.40. The second kappa shape index (κ2) is 11.6. The van der Waals surface area contributed by atoms with Gasteiger partial charge in [-0.2, -0.15) is 17.5 Å². The first-order chi connectivity index (χ1) is 17.3. The van der Waals surface area contributed by atoms with E-state index in [1.807, 2.05) is 13.8 Å².